The van der Waals surface area contributed by atoms with Crippen molar-refractivity contribution in [1.82, 2.24) is 5.32 Å². The minimum atomic E-state index is -0.740. The molecule has 2 atom stereocenters. The van der Waals surface area contributed by atoms with E-state index >= 15 is 0 Å². The van der Waals surface area contributed by atoms with Crippen molar-refractivity contribution in [2.24, 2.45) is 5.92 Å². The SMILES string of the molecule is O=C(O)[C@@H]1CNC[C@H]1c1ccoc1. The second-order valence-electron chi connectivity index (χ2n) is 3.27. The first-order valence-corrected chi connectivity index (χ1v) is 4.24. The molecule has 1 aromatic heterocycles. The summed E-state index contributed by atoms with van der Waals surface area (Å²) >= 11 is 0. The molecule has 2 rings (SSSR count). The van der Waals surface area contributed by atoms with Crippen LogP contribution in [0.3, 0.4) is 0 Å². The topological polar surface area (TPSA) is 62.5 Å². The third-order valence-electron chi connectivity index (χ3n) is 2.50. The molecule has 4 heteroatoms. The average Bonchev–Trinajstić information content (AvgIpc) is 2.74. The largest absolute Gasteiger partial charge is 0.481 e. The fourth-order valence-electron chi connectivity index (χ4n) is 1.77. The molecule has 1 aliphatic rings. The summed E-state index contributed by atoms with van der Waals surface area (Å²) in [5.74, 6) is -1.01. The van der Waals surface area contributed by atoms with E-state index in [2.05, 4.69) is 5.32 Å². The van der Waals surface area contributed by atoms with Crippen molar-refractivity contribution in [1.29, 1.82) is 0 Å². The highest BCUT2D eigenvalue weighted by molar-refractivity contribution is 5.72. The lowest BCUT2D eigenvalue weighted by molar-refractivity contribution is -0.141. The van der Waals surface area contributed by atoms with Crippen molar-refractivity contribution >= 4 is 5.97 Å². The minimum absolute atomic E-state index is 0.0521. The van der Waals surface area contributed by atoms with Crippen LogP contribution in [0.2, 0.25) is 0 Å². The predicted molar refractivity (Wildman–Crippen MR) is 45.4 cm³/mol. The average molecular weight is 181 g/mol. The third kappa shape index (κ3) is 1.45. The van der Waals surface area contributed by atoms with Gasteiger partial charge in [-0.05, 0) is 11.6 Å². The Balaban J connectivity index is 2.19. The summed E-state index contributed by atoms with van der Waals surface area (Å²) in [4.78, 5) is 10.8. The molecule has 0 amide bonds. The van der Waals surface area contributed by atoms with Crippen LogP contribution in [-0.2, 0) is 4.79 Å². The molecule has 1 saturated heterocycles. The molecular weight excluding hydrogens is 170 g/mol. The fourth-order valence-corrected chi connectivity index (χ4v) is 1.77. The van der Waals surface area contributed by atoms with E-state index in [0.717, 1.165) is 12.1 Å². The first-order valence-electron chi connectivity index (χ1n) is 4.24. The molecule has 1 aliphatic heterocycles. The quantitative estimate of drug-likeness (QED) is 0.703. The molecule has 0 unspecified atom stereocenters. The van der Waals surface area contributed by atoms with Crippen molar-refractivity contribution in [2.75, 3.05) is 13.1 Å². The van der Waals surface area contributed by atoms with Gasteiger partial charge in [0, 0.05) is 19.0 Å². The van der Waals surface area contributed by atoms with Crippen LogP contribution in [0.1, 0.15) is 11.5 Å². The van der Waals surface area contributed by atoms with E-state index in [1.165, 1.54) is 0 Å². The maximum atomic E-state index is 10.8. The zero-order chi connectivity index (χ0) is 9.26. The van der Waals surface area contributed by atoms with Gasteiger partial charge in [-0.1, -0.05) is 0 Å². The highest BCUT2D eigenvalue weighted by Gasteiger charge is 2.34. The van der Waals surface area contributed by atoms with Crippen molar-refractivity contribution in [3.63, 3.8) is 0 Å². The number of carboxylic acids is 1. The molecule has 0 aromatic carbocycles. The number of carboxylic acid groups (broad SMARTS) is 1. The minimum Gasteiger partial charge on any atom is -0.481 e. The van der Waals surface area contributed by atoms with Crippen LogP contribution in [-0.4, -0.2) is 24.2 Å². The van der Waals surface area contributed by atoms with Crippen LogP contribution in [0.5, 0.6) is 0 Å². The maximum absolute atomic E-state index is 10.8. The summed E-state index contributed by atoms with van der Waals surface area (Å²) in [5, 5.41) is 12.0. The molecule has 4 nitrogen and oxygen atoms in total. The molecular formula is C9H11NO3. The molecule has 0 spiro atoms. The lowest BCUT2D eigenvalue weighted by atomic mass is 9.91. The standard InChI is InChI=1S/C9H11NO3/c11-9(12)8-4-10-3-7(8)6-1-2-13-5-6/h1-2,5,7-8,10H,3-4H2,(H,11,12)/t7-,8+/m0/s1. The zero-order valence-corrected chi connectivity index (χ0v) is 7.06. The predicted octanol–water partition coefficient (Wildman–Crippen LogP) is 0.667. The number of hydrogen-bond donors (Lipinski definition) is 2. The number of hydrogen-bond acceptors (Lipinski definition) is 3. The van der Waals surface area contributed by atoms with Gasteiger partial charge in [-0.15, -0.1) is 0 Å². The lowest BCUT2D eigenvalue weighted by Crippen LogP contribution is -2.20. The molecule has 70 valence electrons. The van der Waals surface area contributed by atoms with Crippen LogP contribution in [0, 0.1) is 5.92 Å². The van der Waals surface area contributed by atoms with Crippen molar-refractivity contribution in [2.45, 2.75) is 5.92 Å². The summed E-state index contributed by atoms with van der Waals surface area (Å²) in [6, 6.07) is 1.83. The van der Waals surface area contributed by atoms with Crippen LogP contribution < -0.4 is 5.32 Å². The molecule has 13 heavy (non-hydrogen) atoms. The Labute approximate surface area is 75.6 Å². The normalized spacial score (nSPS) is 27.7. The van der Waals surface area contributed by atoms with E-state index in [1.54, 1.807) is 12.5 Å². The maximum Gasteiger partial charge on any atom is 0.308 e. The summed E-state index contributed by atoms with van der Waals surface area (Å²) in [6.45, 7) is 1.27. The summed E-state index contributed by atoms with van der Waals surface area (Å²) in [7, 11) is 0. The van der Waals surface area contributed by atoms with Gasteiger partial charge in [0.2, 0.25) is 0 Å². The van der Waals surface area contributed by atoms with Gasteiger partial charge in [0.15, 0.2) is 0 Å². The molecule has 1 aromatic rings. The smallest absolute Gasteiger partial charge is 0.308 e. The van der Waals surface area contributed by atoms with Crippen LogP contribution in [0.4, 0.5) is 0 Å². The van der Waals surface area contributed by atoms with Gasteiger partial charge in [0.05, 0.1) is 18.4 Å². The highest BCUT2D eigenvalue weighted by atomic mass is 16.4. The number of nitrogens with one attached hydrogen (secondary N) is 1. The molecule has 0 saturated carbocycles. The second kappa shape index (κ2) is 3.22. The van der Waals surface area contributed by atoms with Crippen molar-refractivity contribution in [3.05, 3.63) is 24.2 Å². The molecule has 0 bridgehead atoms. The van der Waals surface area contributed by atoms with Gasteiger partial charge in [-0.25, -0.2) is 0 Å². The Kier molecular flexibility index (Phi) is 2.06. The number of aliphatic carboxylic acids is 1. The Morgan fingerprint density at radius 1 is 1.62 bits per heavy atom. The Hall–Kier alpha value is -1.29. The molecule has 2 N–H and O–H groups in total. The van der Waals surface area contributed by atoms with Crippen LogP contribution >= 0.6 is 0 Å². The van der Waals surface area contributed by atoms with Crippen molar-refractivity contribution in [3.8, 4) is 0 Å². The Morgan fingerprint density at radius 3 is 3.08 bits per heavy atom. The van der Waals surface area contributed by atoms with E-state index in [1.807, 2.05) is 6.07 Å². The van der Waals surface area contributed by atoms with E-state index in [9.17, 15) is 4.79 Å². The van der Waals surface area contributed by atoms with Gasteiger partial charge >= 0.3 is 5.97 Å². The molecule has 0 aliphatic carbocycles. The lowest BCUT2D eigenvalue weighted by Gasteiger charge is -2.11. The number of carbonyl (C=O) groups is 1. The van der Waals surface area contributed by atoms with Gasteiger partial charge in [-0.2, -0.15) is 0 Å². The fraction of sp³-hybridized carbons (Fsp3) is 0.444. The van der Waals surface area contributed by atoms with Gasteiger partial charge < -0.3 is 14.8 Å². The van der Waals surface area contributed by atoms with E-state index in [0.29, 0.717) is 6.54 Å². The van der Waals surface area contributed by atoms with Crippen LogP contribution in [0.15, 0.2) is 23.0 Å². The van der Waals surface area contributed by atoms with E-state index < -0.39 is 5.97 Å². The van der Waals surface area contributed by atoms with Gasteiger partial charge in [-0.3, -0.25) is 4.79 Å². The molecule has 2 heterocycles. The van der Waals surface area contributed by atoms with E-state index in [4.69, 9.17) is 9.52 Å². The van der Waals surface area contributed by atoms with Crippen LogP contribution in [0.25, 0.3) is 0 Å². The monoisotopic (exact) mass is 181 g/mol. The number of rotatable bonds is 2. The third-order valence-corrected chi connectivity index (χ3v) is 2.50. The second-order valence-corrected chi connectivity index (χ2v) is 3.27. The first kappa shape index (κ1) is 8.31. The summed E-state index contributed by atoms with van der Waals surface area (Å²) in [5.41, 5.74) is 0.970. The Bertz CT molecular complexity index is 294. The van der Waals surface area contributed by atoms with Gasteiger partial charge in [0.1, 0.15) is 0 Å². The van der Waals surface area contributed by atoms with E-state index in [-0.39, 0.29) is 11.8 Å². The number of furan rings is 1. The van der Waals surface area contributed by atoms with Gasteiger partial charge in [0.25, 0.3) is 0 Å². The summed E-state index contributed by atoms with van der Waals surface area (Å²) in [6.07, 6.45) is 3.19. The Morgan fingerprint density at radius 2 is 2.46 bits per heavy atom. The summed E-state index contributed by atoms with van der Waals surface area (Å²) < 4.78 is 4.93. The van der Waals surface area contributed by atoms with Crippen molar-refractivity contribution < 1.29 is 14.3 Å². The molecule has 0 radical (unpaired) electrons. The zero-order valence-electron chi connectivity index (χ0n) is 7.06. The highest BCUT2D eigenvalue weighted by Crippen LogP contribution is 2.28. The first-order chi connectivity index (χ1) is 6.29. The molecule has 1 fully saturated rings.